The number of hydrogen-bond donors (Lipinski definition) is 0. The SMILES string of the molecule is CCCOC(=O)N1CCN(C(=O)c2ccc3c(Cl)c4c(nc3c2)CC(c2ncccc2F)CC4)[C@H](C)C1. The topological polar surface area (TPSA) is 75.6 Å². The summed E-state index contributed by atoms with van der Waals surface area (Å²) in [6, 6.07) is 8.30. The van der Waals surface area contributed by atoms with Gasteiger partial charge in [0.15, 0.2) is 0 Å². The number of ether oxygens (including phenoxy) is 1. The highest BCUT2D eigenvalue weighted by molar-refractivity contribution is 6.36. The van der Waals surface area contributed by atoms with Crippen molar-refractivity contribution in [3.63, 3.8) is 0 Å². The third-order valence-corrected chi connectivity index (χ3v) is 7.71. The van der Waals surface area contributed by atoms with Crippen molar-refractivity contribution in [2.24, 2.45) is 0 Å². The highest BCUT2D eigenvalue weighted by Crippen LogP contribution is 2.38. The lowest BCUT2D eigenvalue weighted by molar-refractivity contribution is 0.0414. The molecular weight excluding hydrogens is 495 g/mol. The lowest BCUT2D eigenvalue weighted by atomic mass is 9.84. The largest absolute Gasteiger partial charge is 0.449 e. The van der Waals surface area contributed by atoms with Crippen molar-refractivity contribution in [2.45, 2.75) is 51.5 Å². The summed E-state index contributed by atoms with van der Waals surface area (Å²) < 4.78 is 19.6. The minimum Gasteiger partial charge on any atom is -0.449 e. The number of carbonyl (C=O) groups excluding carboxylic acids is 2. The fraction of sp³-hybridized carbons (Fsp3) is 0.429. The van der Waals surface area contributed by atoms with Gasteiger partial charge in [0.25, 0.3) is 5.91 Å². The van der Waals surface area contributed by atoms with Crippen molar-refractivity contribution in [3.8, 4) is 0 Å². The molecule has 1 saturated heterocycles. The molecule has 0 N–H and O–H groups in total. The highest BCUT2D eigenvalue weighted by atomic mass is 35.5. The van der Waals surface area contributed by atoms with E-state index in [2.05, 4.69) is 4.98 Å². The van der Waals surface area contributed by atoms with E-state index < -0.39 is 0 Å². The number of rotatable bonds is 4. The molecule has 1 unspecified atom stereocenters. The van der Waals surface area contributed by atoms with E-state index in [9.17, 15) is 14.0 Å². The Kier molecular flexibility index (Phi) is 7.29. The number of aromatic nitrogens is 2. The van der Waals surface area contributed by atoms with E-state index in [1.165, 1.54) is 6.07 Å². The first kappa shape index (κ1) is 25.4. The Bertz CT molecular complexity index is 1350. The van der Waals surface area contributed by atoms with Crippen molar-refractivity contribution >= 4 is 34.5 Å². The quantitative estimate of drug-likeness (QED) is 0.457. The average molecular weight is 525 g/mol. The third-order valence-electron chi connectivity index (χ3n) is 7.28. The van der Waals surface area contributed by atoms with Gasteiger partial charge in [0.1, 0.15) is 5.82 Å². The van der Waals surface area contributed by atoms with Gasteiger partial charge in [-0.15, -0.1) is 0 Å². The van der Waals surface area contributed by atoms with Crippen molar-refractivity contribution < 1.29 is 18.7 Å². The van der Waals surface area contributed by atoms with E-state index in [0.717, 1.165) is 29.5 Å². The molecule has 2 atom stereocenters. The molecule has 2 aromatic heterocycles. The standard InChI is InChI=1S/C28H30ClFN4O3/c1-3-13-37-28(36)33-11-12-34(17(2)16-33)27(35)19-7-9-21-24(15-19)32-23-14-18(6-8-20(23)25(21)29)26-22(30)5-4-10-31-26/h4-5,7,9-10,15,17-18H,3,6,8,11-14,16H2,1-2H3/t17-,18?/m1/s1. The van der Waals surface area contributed by atoms with Crippen molar-refractivity contribution in [3.05, 3.63) is 69.9 Å². The van der Waals surface area contributed by atoms with Gasteiger partial charge in [0.05, 0.1) is 22.8 Å². The van der Waals surface area contributed by atoms with Crippen LogP contribution in [-0.2, 0) is 17.6 Å². The van der Waals surface area contributed by atoms with Gasteiger partial charge in [-0.2, -0.15) is 0 Å². The molecule has 1 aliphatic carbocycles. The smallest absolute Gasteiger partial charge is 0.409 e. The van der Waals surface area contributed by atoms with Crippen LogP contribution in [0.5, 0.6) is 0 Å². The van der Waals surface area contributed by atoms with Gasteiger partial charge in [-0.3, -0.25) is 14.8 Å². The van der Waals surface area contributed by atoms with Crippen LogP contribution in [0.4, 0.5) is 9.18 Å². The summed E-state index contributed by atoms with van der Waals surface area (Å²) in [6.07, 6.45) is 4.04. The number of pyridine rings is 2. The second-order valence-corrected chi connectivity index (χ2v) is 10.2. The first-order chi connectivity index (χ1) is 17.9. The maximum Gasteiger partial charge on any atom is 0.409 e. The Morgan fingerprint density at radius 2 is 2.08 bits per heavy atom. The zero-order valence-corrected chi connectivity index (χ0v) is 21.8. The van der Waals surface area contributed by atoms with Crippen LogP contribution in [0.1, 0.15) is 59.9 Å². The summed E-state index contributed by atoms with van der Waals surface area (Å²) in [5.74, 6) is -0.482. The Hall–Kier alpha value is -3.26. The zero-order chi connectivity index (χ0) is 26.1. The van der Waals surface area contributed by atoms with E-state index in [0.29, 0.717) is 60.9 Å². The number of amides is 2. The van der Waals surface area contributed by atoms with E-state index in [1.807, 2.05) is 19.9 Å². The number of hydrogen-bond acceptors (Lipinski definition) is 5. The Morgan fingerprint density at radius 3 is 2.84 bits per heavy atom. The number of carbonyl (C=O) groups is 2. The van der Waals surface area contributed by atoms with Crippen LogP contribution in [0.2, 0.25) is 5.02 Å². The van der Waals surface area contributed by atoms with Crippen LogP contribution in [0.15, 0.2) is 36.5 Å². The summed E-state index contributed by atoms with van der Waals surface area (Å²) in [4.78, 5) is 38.2. The van der Waals surface area contributed by atoms with Gasteiger partial charge < -0.3 is 14.5 Å². The molecule has 3 heterocycles. The lowest BCUT2D eigenvalue weighted by Gasteiger charge is -2.39. The van der Waals surface area contributed by atoms with Gasteiger partial charge >= 0.3 is 6.09 Å². The molecule has 37 heavy (non-hydrogen) atoms. The van der Waals surface area contributed by atoms with Crippen LogP contribution < -0.4 is 0 Å². The second kappa shape index (κ2) is 10.6. The predicted octanol–water partition coefficient (Wildman–Crippen LogP) is 5.39. The van der Waals surface area contributed by atoms with E-state index in [1.54, 1.807) is 34.2 Å². The minimum atomic E-state index is -0.334. The van der Waals surface area contributed by atoms with E-state index in [4.69, 9.17) is 21.3 Å². The van der Waals surface area contributed by atoms with E-state index in [-0.39, 0.29) is 29.8 Å². The van der Waals surface area contributed by atoms with Crippen LogP contribution >= 0.6 is 11.6 Å². The fourth-order valence-corrected chi connectivity index (χ4v) is 5.69. The lowest BCUT2D eigenvalue weighted by Crippen LogP contribution is -2.55. The van der Waals surface area contributed by atoms with Gasteiger partial charge in [-0.25, -0.2) is 9.18 Å². The molecule has 7 nitrogen and oxygen atoms in total. The van der Waals surface area contributed by atoms with Crippen LogP contribution in [0.25, 0.3) is 10.9 Å². The molecule has 0 spiro atoms. The second-order valence-electron chi connectivity index (χ2n) is 9.80. The molecule has 1 fully saturated rings. The Morgan fingerprint density at radius 1 is 1.24 bits per heavy atom. The first-order valence-corrected chi connectivity index (χ1v) is 13.2. The predicted molar refractivity (Wildman–Crippen MR) is 139 cm³/mol. The summed E-state index contributed by atoms with van der Waals surface area (Å²) in [7, 11) is 0. The number of fused-ring (bicyclic) bond motifs is 2. The molecule has 0 bridgehead atoms. The van der Waals surface area contributed by atoms with Crippen LogP contribution in [-0.4, -0.2) is 64.1 Å². The highest BCUT2D eigenvalue weighted by Gasteiger charge is 2.32. The van der Waals surface area contributed by atoms with Crippen molar-refractivity contribution in [1.82, 2.24) is 19.8 Å². The number of piperazine rings is 1. The molecule has 194 valence electrons. The van der Waals surface area contributed by atoms with Gasteiger partial charge in [-0.05, 0) is 62.4 Å². The summed E-state index contributed by atoms with van der Waals surface area (Å²) in [5.41, 5.74) is 3.44. The molecule has 0 radical (unpaired) electrons. The molecule has 5 rings (SSSR count). The van der Waals surface area contributed by atoms with Crippen LogP contribution in [0, 0.1) is 5.82 Å². The number of nitrogens with zero attached hydrogens (tertiary/aromatic N) is 4. The van der Waals surface area contributed by atoms with Crippen molar-refractivity contribution in [2.75, 3.05) is 26.2 Å². The average Bonchev–Trinajstić information content (AvgIpc) is 2.91. The van der Waals surface area contributed by atoms with Gasteiger partial charge in [0, 0.05) is 54.4 Å². The van der Waals surface area contributed by atoms with Gasteiger partial charge in [-0.1, -0.05) is 24.6 Å². The third kappa shape index (κ3) is 4.99. The molecule has 9 heteroatoms. The first-order valence-electron chi connectivity index (χ1n) is 12.8. The maximum atomic E-state index is 14.4. The zero-order valence-electron chi connectivity index (χ0n) is 21.0. The Balaban J connectivity index is 1.37. The number of halogens is 2. The van der Waals surface area contributed by atoms with Crippen molar-refractivity contribution in [1.29, 1.82) is 0 Å². The molecule has 2 aliphatic rings. The van der Waals surface area contributed by atoms with Gasteiger partial charge in [0.2, 0.25) is 0 Å². The minimum absolute atomic E-state index is 0.0688. The molecule has 0 saturated carbocycles. The maximum absolute atomic E-state index is 14.4. The fourth-order valence-electron chi connectivity index (χ4n) is 5.33. The molecular formula is C28H30ClFN4O3. The summed E-state index contributed by atoms with van der Waals surface area (Å²) in [5, 5.41) is 1.45. The molecule has 1 aromatic carbocycles. The summed E-state index contributed by atoms with van der Waals surface area (Å²) in [6.45, 7) is 5.54. The molecule has 3 aromatic rings. The monoisotopic (exact) mass is 524 g/mol. The summed E-state index contributed by atoms with van der Waals surface area (Å²) >= 11 is 6.80. The molecule has 1 aliphatic heterocycles. The number of benzene rings is 1. The normalized spacial score (nSPS) is 19.6. The van der Waals surface area contributed by atoms with E-state index >= 15 is 0 Å². The molecule has 2 amide bonds. The van der Waals surface area contributed by atoms with Crippen LogP contribution in [0.3, 0.4) is 0 Å². The Labute approximate surface area is 220 Å².